The number of hydrogen-bond acceptors (Lipinski definition) is 3. The molecule has 1 aliphatic heterocycles. The highest BCUT2D eigenvalue weighted by molar-refractivity contribution is 9.10. The Labute approximate surface area is 110 Å². The second kappa shape index (κ2) is 6.17. The quantitative estimate of drug-likeness (QED) is 0.908. The Hall–Kier alpha value is -0.870. The van der Waals surface area contributed by atoms with Crippen LogP contribution < -0.4 is 5.73 Å². The highest BCUT2D eigenvalue weighted by atomic mass is 79.9. The lowest BCUT2D eigenvalue weighted by Gasteiger charge is -2.02. The monoisotopic (exact) mass is 296 g/mol. The predicted octanol–water partition coefficient (Wildman–Crippen LogP) is 2.53. The van der Waals surface area contributed by atoms with Gasteiger partial charge in [0.25, 0.3) is 0 Å². The average Bonchev–Trinajstić information content (AvgIpc) is 2.74. The van der Waals surface area contributed by atoms with Gasteiger partial charge >= 0.3 is 0 Å². The van der Waals surface area contributed by atoms with Crippen LogP contribution in [0.2, 0.25) is 0 Å². The first-order chi connectivity index (χ1) is 8.28. The SMILES string of the molecule is NCCCC1COC(Cc2cccc(Br)c2)=N1. The standard InChI is InChI=1S/C13H17BrN2O/c14-11-4-1-3-10(7-11)8-13-16-12(9-17-13)5-2-6-15/h1,3-4,7,12H,2,5-6,8-9,15H2. The first-order valence-electron chi connectivity index (χ1n) is 5.92. The highest BCUT2D eigenvalue weighted by Gasteiger charge is 2.18. The van der Waals surface area contributed by atoms with Gasteiger partial charge in [-0.15, -0.1) is 0 Å². The number of aliphatic imine (C=N–C) groups is 1. The summed E-state index contributed by atoms with van der Waals surface area (Å²) in [6.45, 7) is 1.44. The van der Waals surface area contributed by atoms with Crippen molar-refractivity contribution in [2.75, 3.05) is 13.2 Å². The van der Waals surface area contributed by atoms with Crippen LogP contribution in [-0.2, 0) is 11.2 Å². The van der Waals surface area contributed by atoms with E-state index in [4.69, 9.17) is 10.5 Å². The minimum Gasteiger partial charge on any atom is -0.478 e. The molecule has 92 valence electrons. The van der Waals surface area contributed by atoms with Gasteiger partial charge in [-0.1, -0.05) is 28.1 Å². The van der Waals surface area contributed by atoms with E-state index in [1.807, 2.05) is 12.1 Å². The Balaban J connectivity index is 1.91. The number of nitrogens with zero attached hydrogens (tertiary/aromatic N) is 1. The van der Waals surface area contributed by atoms with Gasteiger partial charge in [-0.3, -0.25) is 0 Å². The zero-order valence-corrected chi connectivity index (χ0v) is 11.3. The zero-order chi connectivity index (χ0) is 12.1. The molecule has 2 rings (SSSR count). The van der Waals surface area contributed by atoms with Gasteiger partial charge < -0.3 is 10.5 Å². The van der Waals surface area contributed by atoms with Crippen LogP contribution in [0.25, 0.3) is 0 Å². The smallest absolute Gasteiger partial charge is 0.188 e. The molecule has 0 amide bonds. The zero-order valence-electron chi connectivity index (χ0n) is 9.73. The minimum atomic E-state index is 0.306. The van der Waals surface area contributed by atoms with Gasteiger partial charge in [0.15, 0.2) is 5.90 Å². The van der Waals surface area contributed by atoms with E-state index in [0.717, 1.165) is 36.2 Å². The molecule has 1 aliphatic rings. The Morgan fingerprint density at radius 2 is 2.35 bits per heavy atom. The number of halogens is 1. The van der Waals surface area contributed by atoms with Crippen molar-refractivity contribution in [3.63, 3.8) is 0 Å². The first-order valence-corrected chi connectivity index (χ1v) is 6.71. The Kier molecular flexibility index (Phi) is 4.57. The van der Waals surface area contributed by atoms with Gasteiger partial charge in [-0.25, -0.2) is 4.99 Å². The molecule has 0 spiro atoms. The van der Waals surface area contributed by atoms with Gasteiger partial charge in [0, 0.05) is 10.9 Å². The molecule has 4 heteroatoms. The lowest BCUT2D eigenvalue weighted by atomic mass is 10.1. The van der Waals surface area contributed by atoms with Crippen LogP contribution in [0, 0.1) is 0 Å². The molecule has 17 heavy (non-hydrogen) atoms. The maximum Gasteiger partial charge on any atom is 0.188 e. The molecule has 0 saturated heterocycles. The van der Waals surface area contributed by atoms with E-state index in [-0.39, 0.29) is 0 Å². The van der Waals surface area contributed by atoms with E-state index in [9.17, 15) is 0 Å². The van der Waals surface area contributed by atoms with Gasteiger partial charge in [0.05, 0.1) is 6.04 Å². The molecule has 1 unspecified atom stereocenters. The van der Waals surface area contributed by atoms with Crippen LogP contribution in [0.3, 0.4) is 0 Å². The van der Waals surface area contributed by atoms with Crippen molar-refractivity contribution < 1.29 is 4.74 Å². The fourth-order valence-electron chi connectivity index (χ4n) is 1.89. The summed E-state index contributed by atoms with van der Waals surface area (Å²) in [4.78, 5) is 4.57. The molecule has 0 aromatic heterocycles. The minimum absolute atomic E-state index is 0.306. The third kappa shape index (κ3) is 3.82. The Morgan fingerprint density at radius 3 is 3.12 bits per heavy atom. The molecule has 3 nitrogen and oxygen atoms in total. The van der Waals surface area contributed by atoms with Crippen molar-refractivity contribution in [3.05, 3.63) is 34.3 Å². The molecule has 0 radical (unpaired) electrons. The van der Waals surface area contributed by atoms with E-state index in [2.05, 4.69) is 33.1 Å². The number of benzene rings is 1. The van der Waals surface area contributed by atoms with Crippen LogP contribution in [0.15, 0.2) is 33.7 Å². The van der Waals surface area contributed by atoms with Crippen molar-refractivity contribution in [1.82, 2.24) is 0 Å². The summed E-state index contributed by atoms with van der Waals surface area (Å²) in [6, 6.07) is 8.54. The fourth-order valence-corrected chi connectivity index (χ4v) is 2.34. The van der Waals surface area contributed by atoms with Crippen molar-refractivity contribution in [2.45, 2.75) is 25.3 Å². The highest BCUT2D eigenvalue weighted by Crippen LogP contribution is 2.16. The largest absolute Gasteiger partial charge is 0.478 e. The molecule has 1 atom stereocenters. The maximum atomic E-state index is 5.60. The summed E-state index contributed by atoms with van der Waals surface area (Å²) in [6.07, 6.45) is 2.82. The molecule has 0 bridgehead atoms. The number of hydrogen-bond donors (Lipinski definition) is 1. The van der Waals surface area contributed by atoms with Crippen LogP contribution in [0.5, 0.6) is 0 Å². The van der Waals surface area contributed by atoms with E-state index in [0.29, 0.717) is 12.6 Å². The molecule has 0 aliphatic carbocycles. The molecule has 1 aromatic carbocycles. The Morgan fingerprint density at radius 1 is 1.47 bits per heavy atom. The summed E-state index contributed by atoms with van der Waals surface area (Å²) in [5.74, 6) is 0.852. The second-order valence-electron chi connectivity index (χ2n) is 4.23. The van der Waals surface area contributed by atoms with E-state index in [1.165, 1.54) is 5.56 Å². The summed E-state index contributed by atoms with van der Waals surface area (Å²) >= 11 is 3.46. The van der Waals surface area contributed by atoms with E-state index < -0.39 is 0 Å². The van der Waals surface area contributed by atoms with Crippen LogP contribution in [0.4, 0.5) is 0 Å². The topological polar surface area (TPSA) is 47.6 Å². The van der Waals surface area contributed by atoms with Crippen LogP contribution in [-0.4, -0.2) is 25.1 Å². The molecule has 0 fully saturated rings. The predicted molar refractivity (Wildman–Crippen MR) is 73.3 cm³/mol. The molecule has 2 N–H and O–H groups in total. The molecule has 1 heterocycles. The van der Waals surface area contributed by atoms with Gasteiger partial charge in [0.1, 0.15) is 6.61 Å². The van der Waals surface area contributed by atoms with Gasteiger partial charge in [0.2, 0.25) is 0 Å². The number of rotatable bonds is 5. The molecule has 1 aromatic rings. The number of ether oxygens (including phenoxy) is 1. The molecular formula is C13H17BrN2O. The summed E-state index contributed by atoms with van der Waals surface area (Å²) in [5.41, 5.74) is 6.71. The second-order valence-corrected chi connectivity index (χ2v) is 5.14. The normalized spacial score (nSPS) is 18.9. The third-order valence-electron chi connectivity index (χ3n) is 2.75. The van der Waals surface area contributed by atoms with Crippen molar-refractivity contribution >= 4 is 21.8 Å². The molecule has 0 saturated carbocycles. The van der Waals surface area contributed by atoms with Gasteiger partial charge in [-0.2, -0.15) is 0 Å². The van der Waals surface area contributed by atoms with Crippen molar-refractivity contribution in [1.29, 1.82) is 0 Å². The molecular weight excluding hydrogens is 280 g/mol. The fraction of sp³-hybridized carbons (Fsp3) is 0.462. The summed E-state index contributed by atoms with van der Waals surface area (Å²) in [7, 11) is 0. The van der Waals surface area contributed by atoms with Gasteiger partial charge in [-0.05, 0) is 37.1 Å². The third-order valence-corrected chi connectivity index (χ3v) is 3.25. The number of nitrogens with two attached hydrogens (primary N) is 1. The maximum absolute atomic E-state index is 5.60. The van der Waals surface area contributed by atoms with E-state index in [1.54, 1.807) is 0 Å². The first kappa shape index (κ1) is 12.6. The van der Waals surface area contributed by atoms with Crippen LogP contribution in [0.1, 0.15) is 18.4 Å². The lowest BCUT2D eigenvalue weighted by Crippen LogP contribution is -2.09. The van der Waals surface area contributed by atoms with E-state index >= 15 is 0 Å². The van der Waals surface area contributed by atoms with Crippen molar-refractivity contribution in [2.24, 2.45) is 10.7 Å². The van der Waals surface area contributed by atoms with Crippen molar-refractivity contribution in [3.8, 4) is 0 Å². The lowest BCUT2D eigenvalue weighted by molar-refractivity contribution is 0.305. The van der Waals surface area contributed by atoms with Crippen LogP contribution >= 0.6 is 15.9 Å². The summed E-state index contributed by atoms with van der Waals surface area (Å²) in [5, 5.41) is 0. The summed E-state index contributed by atoms with van der Waals surface area (Å²) < 4.78 is 6.69. The Bertz CT molecular complexity index is 406. The average molecular weight is 297 g/mol.